The van der Waals surface area contributed by atoms with Gasteiger partial charge in [0.05, 0.1) is 11.1 Å². The number of likely N-dealkylation sites (tertiary alicyclic amines) is 1. The fraction of sp³-hybridized carbons (Fsp3) is 0.407. The normalized spacial score (nSPS) is 15.7. The van der Waals surface area contributed by atoms with Crippen molar-refractivity contribution >= 4 is 58.3 Å². The third-order valence-corrected chi connectivity index (χ3v) is 7.04. The number of carbonyl (C=O) groups is 3. The third-order valence-electron chi connectivity index (χ3n) is 6.62. The molecule has 0 spiro atoms. The number of anilines is 3. The van der Waals surface area contributed by atoms with Gasteiger partial charge >= 0.3 is 0 Å². The number of pyridine rings is 1. The molecule has 0 atom stereocenters. The zero-order chi connectivity index (χ0) is 26.2. The van der Waals surface area contributed by atoms with Gasteiger partial charge < -0.3 is 24.7 Å². The second-order valence-electron chi connectivity index (χ2n) is 9.21. The van der Waals surface area contributed by atoms with Gasteiger partial charge in [-0.2, -0.15) is 0 Å². The van der Waals surface area contributed by atoms with Crippen LogP contribution < -0.4 is 15.4 Å². The van der Waals surface area contributed by atoms with Crippen LogP contribution in [-0.4, -0.2) is 47.0 Å². The van der Waals surface area contributed by atoms with Gasteiger partial charge in [0.25, 0.3) is 5.91 Å². The molecule has 2 aromatic heterocycles. The van der Waals surface area contributed by atoms with Crippen LogP contribution in [0, 0.1) is 6.92 Å². The van der Waals surface area contributed by atoms with E-state index in [-0.39, 0.29) is 5.76 Å². The van der Waals surface area contributed by atoms with E-state index in [4.69, 9.17) is 4.42 Å². The molecule has 1 saturated heterocycles. The number of hydrogen-bond acceptors (Lipinski definition) is 7. The Morgan fingerprint density at radius 2 is 1.97 bits per heavy atom. The minimum Gasteiger partial charge on any atom is -0.449 e. The lowest BCUT2D eigenvalue weighted by Gasteiger charge is -2.30. The molecule has 0 unspecified atom stereocenters. The summed E-state index contributed by atoms with van der Waals surface area (Å²) in [5.74, 6) is 0.323. The first-order chi connectivity index (χ1) is 18.0. The van der Waals surface area contributed by atoms with Gasteiger partial charge in [-0.25, -0.2) is 4.98 Å². The van der Waals surface area contributed by atoms with E-state index in [1.54, 1.807) is 24.4 Å². The maximum absolute atomic E-state index is 12.6. The van der Waals surface area contributed by atoms with Crippen LogP contribution in [0.3, 0.4) is 0 Å². The average molecular weight is 524 g/mol. The van der Waals surface area contributed by atoms with Gasteiger partial charge in [-0.15, -0.1) is 0 Å². The summed E-state index contributed by atoms with van der Waals surface area (Å²) in [4.78, 5) is 41.3. The summed E-state index contributed by atoms with van der Waals surface area (Å²) in [5, 5.41) is 5.87. The number of rotatable bonds is 7. The zero-order valence-corrected chi connectivity index (χ0v) is 22.0. The summed E-state index contributed by atoms with van der Waals surface area (Å²) in [6.07, 6.45) is 12.5. The Kier molecular flexibility index (Phi) is 9.05. The summed E-state index contributed by atoms with van der Waals surface area (Å²) < 4.78 is 8.80. The molecule has 0 radical (unpaired) electrons. The molecule has 9 nitrogen and oxygen atoms in total. The number of aryl methyl sites for hydroxylation is 1. The number of aromatic nitrogens is 1. The van der Waals surface area contributed by atoms with Crippen molar-refractivity contribution in [3.05, 3.63) is 47.9 Å². The lowest BCUT2D eigenvalue weighted by atomic mass is 9.94. The Hall–Kier alpha value is -3.53. The van der Waals surface area contributed by atoms with Gasteiger partial charge in [0.1, 0.15) is 17.1 Å². The fourth-order valence-corrected chi connectivity index (χ4v) is 5.25. The smallest absolute Gasteiger partial charge is 0.294 e. The number of furan rings is 1. The van der Waals surface area contributed by atoms with E-state index in [1.807, 2.05) is 25.3 Å². The van der Waals surface area contributed by atoms with Crippen molar-refractivity contribution in [3.8, 4) is 0 Å². The summed E-state index contributed by atoms with van der Waals surface area (Å²) in [5.41, 5.74) is 2.53. The van der Waals surface area contributed by atoms with Gasteiger partial charge in [0.15, 0.2) is 0 Å². The molecule has 5 rings (SSSR count). The first kappa shape index (κ1) is 26.5. The molecule has 2 fully saturated rings. The number of amides is 3. The largest absolute Gasteiger partial charge is 0.449 e. The molecule has 3 aromatic rings. The molecular formula is C27H33N5O4S. The van der Waals surface area contributed by atoms with Crippen LogP contribution >= 0.6 is 11.9 Å². The van der Waals surface area contributed by atoms with Crippen LogP contribution in [0.4, 0.5) is 17.2 Å². The number of nitrogens with zero attached hydrogens (tertiary/aromatic N) is 2. The van der Waals surface area contributed by atoms with Crippen molar-refractivity contribution in [3.63, 3.8) is 0 Å². The molecule has 3 heterocycles. The third kappa shape index (κ3) is 6.43. The minimum atomic E-state index is -0.494. The van der Waals surface area contributed by atoms with Gasteiger partial charge in [0, 0.05) is 31.5 Å². The first-order valence-electron chi connectivity index (χ1n) is 12.6. The van der Waals surface area contributed by atoms with Crippen LogP contribution in [0.2, 0.25) is 0 Å². The second-order valence-corrected chi connectivity index (χ2v) is 9.82. The Balaban J connectivity index is 0.000000222. The summed E-state index contributed by atoms with van der Waals surface area (Å²) >= 11 is 1.40. The van der Waals surface area contributed by atoms with Crippen LogP contribution in [0.5, 0.6) is 0 Å². The second kappa shape index (κ2) is 12.6. The molecule has 1 aliphatic heterocycles. The molecule has 1 aromatic carbocycles. The van der Waals surface area contributed by atoms with Crippen molar-refractivity contribution in [1.29, 1.82) is 0 Å². The van der Waals surface area contributed by atoms with E-state index in [1.165, 1.54) is 44.1 Å². The highest BCUT2D eigenvalue weighted by molar-refractivity contribution is 7.99. The standard InChI is InChI=1S/C17H16N4O3S.C10H17NO/c1-10-6-7-13(18-8-10)20-17(23)16-15(19-9-22)14-11(21-25-2)4-3-5-12(14)24-16;12-10-7-4-8-11(10)9-5-2-1-3-6-9/h3-9,21H,1-2H3,(H,19,22)(H,18,20,23);9H,1-8H2. The highest BCUT2D eigenvalue weighted by Gasteiger charge is 2.28. The maximum atomic E-state index is 12.6. The Morgan fingerprint density at radius 1 is 1.16 bits per heavy atom. The fourth-order valence-electron chi connectivity index (χ4n) is 4.86. The van der Waals surface area contributed by atoms with Gasteiger partial charge in [0.2, 0.25) is 18.1 Å². The maximum Gasteiger partial charge on any atom is 0.294 e. The number of carbonyl (C=O) groups excluding carboxylic acids is 3. The molecule has 0 bridgehead atoms. The van der Waals surface area contributed by atoms with Crippen molar-refractivity contribution in [2.75, 3.05) is 28.2 Å². The van der Waals surface area contributed by atoms with Crippen LogP contribution in [0.15, 0.2) is 40.9 Å². The van der Waals surface area contributed by atoms with E-state index >= 15 is 0 Å². The zero-order valence-electron chi connectivity index (χ0n) is 21.2. The Labute approximate surface area is 220 Å². The van der Waals surface area contributed by atoms with Gasteiger partial charge in [-0.1, -0.05) is 43.3 Å². The van der Waals surface area contributed by atoms with E-state index < -0.39 is 5.91 Å². The van der Waals surface area contributed by atoms with E-state index in [0.29, 0.717) is 40.8 Å². The Morgan fingerprint density at radius 3 is 2.62 bits per heavy atom. The van der Waals surface area contributed by atoms with E-state index in [0.717, 1.165) is 30.6 Å². The molecule has 1 aliphatic carbocycles. The van der Waals surface area contributed by atoms with Crippen molar-refractivity contribution in [2.24, 2.45) is 0 Å². The van der Waals surface area contributed by atoms with Gasteiger partial charge in [-0.3, -0.25) is 14.4 Å². The van der Waals surface area contributed by atoms with Crippen LogP contribution in [0.1, 0.15) is 61.1 Å². The first-order valence-corrected chi connectivity index (χ1v) is 13.8. The average Bonchev–Trinajstić information content (AvgIpc) is 3.51. The number of benzene rings is 1. The van der Waals surface area contributed by atoms with Gasteiger partial charge in [-0.05, 0) is 49.9 Å². The molecule has 196 valence electrons. The minimum absolute atomic E-state index is 0.0137. The topological polar surface area (TPSA) is 117 Å². The van der Waals surface area contributed by atoms with Crippen LogP contribution in [0.25, 0.3) is 11.0 Å². The number of hydrogen-bond donors (Lipinski definition) is 3. The molecule has 37 heavy (non-hydrogen) atoms. The molecule has 3 N–H and O–H groups in total. The predicted molar refractivity (Wildman–Crippen MR) is 148 cm³/mol. The number of nitrogens with one attached hydrogen (secondary N) is 3. The quantitative estimate of drug-likeness (QED) is 0.273. The highest BCUT2D eigenvalue weighted by atomic mass is 32.2. The molecule has 3 amide bonds. The van der Waals surface area contributed by atoms with E-state index in [2.05, 4.69) is 25.2 Å². The van der Waals surface area contributed by atoms with Crippen molar-refractivity contribution < 1.29 is 18.8 Å². The summed E-state index contributed by atoms with van der Waals surface area (Å²) in [6.45, 7) is 2.94. The molecule has 1 saturated carbocycles. The summed E-state index contributed by atoms with van der Waals surface area (Å²) in [6, 6.07) is 9.52. The monoisotopic (exact) mass is 523 g/mol. The SMILES string of the molecule is CSNc1cccc2oc(C(=O)Nc3ccc(C)cn3)c(NC=O)c12.O=C1CCCN1C1CCCCC1. The molecular weight excluding hydrogens is 490 g/mol. The molecule has 10 heteroatoms. The van der Waals surface area contributed by atoms with Crippen LogP contribution in [-0.2, 0) is 9.59 Å². The number of fused-ring (bicyclic) bond motifs is 1. The lowest BCUT2D eigenvalue weighted by Crippen LogP contribution is -2.37. The lowest BCUT2D eigenvalue weighted by molar-refractivity contribution is -0.130. The highest BCUT2D eigenvalue weighted by Crippen LogP contribution is 2.37. The Bertz CT molecular complexity index is 1240. The van der Waals surface area contributed by atoms with E-state index in [9.17, 15) is 14.4 Å². The summed E-state index contributed by atoms with van der Waals surface area (Å²) in [7, 11) is 0. The molecule has 2 aliphatic rings. The predicted octanol–water partition coefficient (Wildman–Crippen LogP) is 5.59. The van der Waals surface area contributed by atoms with Crippen molar-refractivity contribution in [1.82, 2.24) is 9.88 Å². The van der Waals surface area contributed by atoms with Crippen molar-refractivity contribution in [2.45, 2.75) is 57.9 Å².